The lowest BCUT2D eigenvalue weighted by Gasteiger charge is -2.09. The third-order valence-corrected chi connectivity index (χ3v) is 2.90. The van der Waals surface area contributed by atoms with Gasteiger partial charge in [0.25, 0.3) is 0 Å². The Morgan fingerprint density at radius 3 is 2.50 bits per heavy atom. The fourth-order valence-electron chi connectivity index (χ4n) is 1.55. The van der Waals surface area contributed by atoms with Gasteiger partial charge in [0, 0.05) is 6.07 Å². The van der Waals surface area contributed by atoms with Crippen LogP contribution in [0.25, 0.3) is 0 Å². The highest BCUT2D eigenvalue weighted by atomic mass is 35.5. The number of nitrogens with two attached hydrogens (primary N) is 1. The van der Waals surface area contributed by atoms with Crippen LogP contribution in [0.2, 0.25) is 5.02 Å². The highest BCUT2D eigenvalue weighted by Crippen LogP contribution is 2.31. The van der Waals surface area contributed by atoms with Gasteiger partial charge in [-0.1, -0.05) is 30.7 Å². The number of aryl methyl sites for hydroxylation is 1. The fraction of sp³-hybridized carbons (Fsp3) is 0.143. The van der Waals surface area contributed by atoms with Crippen LogP contribution in [0.5, 0.6) is 11.5 Å². The van der Waals surface area contributed by atoms with Crippen molar-refractivity contribution in [1.82, 2.24) is 0 Å². The average molecular weight is 266 g/mol. The molecule has 0 fully saturated rings. The van der Waals surface area contributed by atoms with E-state index in [2.05, 4.69) is 6.92 Å². The Hall–Kier alpha value is -1.74. The van der Waals surface area contributed by atoms with E-state index < -0.39 is 5.82 Å². The van der Waals surface area contributed by atoms with Crippen LogP contribution in [0.1, 0.15) is 12.5 Å². The van der Waals surface area contributed by atoms with E-state index in [1.54, 1.807) is 0 Å². The first-order chi connectivity index (χ1) is 8.60. The van der Waals surface area contributed by atoms with Crippen LogP contribution in [0.3, 0.4) is 0 Å². The van der Waals surface area contributed by atoms with Crippen LogP contribution < -0.4 is 10.5 Å². The highest BCUT2D eigenvalue weighted by Gasteiger charge is 2.08. The monoisotopic (exact) mass is 265 g/mol. The van der Waals surface area contributed by atoms with Crippen molar-refractivity contribution in [1.29, 1.82) is 0 Å². The first-order valence-corrected chi connectivity index (χ1v) is 5.99. The Bertz CT molecular complexity index is 554. The molecule has 0 aromatic heterocycles. The molecule has 0 aliphatic rings. The number of ether oxygens (including phenoxy) is 1. The van der Waals surface area contributed by atoms with Crippen molar-refractivity contribution < 1.29 is 9.13 Å². The molecule has 2 aromatic rings. The number of halogens is 2. The fourth-order valence-corrected chi connectivity index (χ4v) is 1.72. The van der Waals surface area contributed by atoms with Gasteiger partial charge in [0.2, 0.25) is 0 Å². The molecule has 94 valence electrons. The van der Waals surface area contributed by atoms with Gasteiger partial charge in [-0.05, 0) is 30.2 Å². The zero-order valence-corrected chi connectivity index (χ0v) is 10.7. The second-order valence-corrected chi connectivity index (χ2v) is 4.31. The summed E-state index contributed by atoms with van der Waals surface area (Å²) in [6.45, 7) is 2.07. The van der Waals surface area contributed by atoms with Gasteiger partial charge in [0.15, 0.2) is 5.75 Å². The molecule has 0 aliphatic carbocycles. The van der Waals surface area contributed by atoms with Crippen LogP contribution in [0.15, 0.2) is 36.4 Å². The average Bonchev–Trinajstić information content (AvgIpc) is 2.37. The van der Waals surface area contributed by atoms with Crippen molar-refractivity contribution in [2.45, 2.75) is 13.3 Å². The van der Waals surface area contributed by atoms with E-state index >= 15 is 0 Å². The van der Waals surface area contributed by atoms with Crippen molar-refractivity contribution in [3.05, 3.63) is 52.8 Å². The number of benzene rings is 2. The van der Waals surface area contributed by atoms with Crippen LogP contribution in [0, 0.1) is 5.82 Å². The Morgan fingerprint density at radius 1 is 1.22 bits per heavy atom. The van der Waals surface area contributed by atoms with E-state index in [4.69, 9.17) is 22.1 Å². The van der Waals surface area contributed by atoms with Crippen molar-refractivity contribution in [2.24, 2.45) is 0 Å². The molecule has 0 radical (unpaired) electrons. The van der Waals surface area contributed by atoms with Gasteiger partial charge in [-0.15, -0.1) is 0 Å². The molecule has 0 saturated heterocycles. The van der Waals surface area contributed by atoms with Gasteiger partial charge in [0.05, 0.1) is 10.7 Å². The first-order valence-electron chi connectivity index (χ1n) is 5.61. The topological polar surface area (TPSA) is 35.2 Å². The molecule has 0 atom stereocenters. The SMILES string of the molecule is CCc1ccc(Oc2cc(F)c(Cl)cc2N)cc1. The third kappa shape index (κ3) is 2.74. The van der Waals surface area contributed by atoms with Crippen LogP contribution in [-0.4, -0.2) is 0 Å². The maximum absolute atomic E-state index is 13.3. The minimum absolute atomic E-state index is 0.0128. The molecular formula is C14H13ClFNO. The zero-order valence-electron chi connectivity index (χ0n) is 9.91. The Kier molecular flexibility index (Phi) is 3.72. The van der Waals surface area contributed by atoms with Gasteiger partial charge < -0.3 is 10.5 Å². The summed E-state index contributed by atoms with van der Waals surface area (Å²) in [5, 5.41) is -0.0128. The lowest BCUT2D eigenvalue weighted by atomic mass is 10.2. The molecule has 0 saturated carbocycles. The lowest BCUT2D eigenvalue weighted by molar-refractivity contribution is 0.479. The lowest BCUT2D eigenvalue weighted by Crippen LogP contribution is -1.94. The Morgan fingerprint density at radius 2 is 1.89 bits per heavy atom. The van der Waals surface area contributed by atoms with Crippen LogP contribution >= 0.6 is 11.6 Å². The summed E-state index contributed by atoms with van der Waals surface area (Å²) in [6, 6.07) is 10.1. The van der Waals surface area contributed by atoms with E-state index in [0.29, 0.717) is 11.4 Å². The van der Waals surface area contributed by atoms with Crippen molar-refractivity contribution in [3.8, 4) is 11.5 Å². The summed E-state index contributed by atoms with van der Waals surface area (Å²) in [7, 11) is 0. The summed E-state index contributed by atoms with van der Waals surface area (Å²) in [5.41, 5.74) is 7.23. The Labute approximate surface area is 110 Å². The van der Waals surface area contributed by atoms with E-state index in [-0.39, 0.29) is 10.8 Å². The molecule has 0 aliphatic heterocycles. The smallest absolute Gasteiger partial charge is 0.153 e. The van der Waals surface area contributed by atoms with Crippen molar-refractivity contribution in [3.63, 3.8) is 0 Å². The molecular weight excluding hydrogens is 253 g/mol. The molecule has 0 heterocycles. The van der Waals surface area contributed by atoms with E-state index in [0.717, 1.165) is 6.42 Å². The molecule has 2 N–H and O–H groups in total. The van der Waals surface area contributed by atoms with Crippen molar-refractivity contribution in [2.75, 3.05) is 5.73 Å². The molecule has 2 rings (SSSR count). The summed E-state index contributed by atoms with van der Waals surface area (Å²) in [6.07, 6.45) is 0.956. The largest absolute Gasteiger partial charge is 0.455 e. The predicted molar refractivity (Wildman–Crippen MR) is 71.7 cm³/mol. The third-order valence-electron chi connectivity index (χ3n) is 2.61. The molecule has 4 heteroatoms. The minimum atomic E-state index is -0.550. The second-order valence-electron chi connectivity index (χ2n) is 3.90. The van der Waals surface area contributed by atoms with Crippen LogP contribution in [0.4, 0.5) is 10.1 Å². The van der Waals surface area contributed by atoms with Gasteiger partial charge in [-0.3, -0.25) is 0 Å². The predicted octanol–water partition coefficient (Wildman–Crippen LogP) is 4.42. The maximum atomic E-state index is 13.3. The number of nitrogen functional groups attached to an aromatic ring is 1. The summed E-state index contributed by atoms with van der Waals surface area (Å²) in [5.74, 6) is 0.327. The number of hydrogen-bond acceptors (Lipinski definition) is 2. The summed E-state index contributed by atoms with van der Waals surface area (Å²) in [4.78, 5) is 0. The second kappa shape index (κ2) is 5.27. The first kappa shape index (κ1) is 12.7. The quantitative estimate of drug-likeness (QED) is 0.834. The van der Waals surface area contributed by atoms with E-state index in [1.807, 2.05) is 24.3 Å². The zero-order chi connectivity index (χ0) is 13.1. The summed E-state index contributed by atoms with van der Waals surface area (Å²) >= 11 is 5.62. The van der Waals surface area contributed by atoms with Crippen LogP contribution in [-0.2, 0) is 6.42 Å². The molecule has 0 spiro atoms. The number of rotatable bonds is 3. The van der Waals surface area contributed by atoms with Gasteiger partial charge in [-0.25, -0.2) is 4.39 Å². The highest BCUT2D eigenvalue weighted by molar-refractivity contribution is 6.31. The van der Waals surface area contributed by atoms with Gasteiger partial charge in [0.1, 0.15) is 11.6 Å². The number of hydrogen-bond donors (Lipinski definition) is 1. The molecule has 18 heavy (non-hydrogen) atoms. The minimum Gasteiger partial charge on any atom is -0.455 e. The van der Waals surface area contributed by atoms with Crippen molar-refractivity contribution >= 4 is 17.3 Å². The molecule has 2 nitrogen and oxygen atoms in total. The van der Waals surface area contributed by atoms with Gasteiger partial charge >= 0.3 is 0 Å². The summed E-state index contributed by atoms with van der Waals surface area (Å²) < 4.78 is 18.8. The molecule has 2 aromatic carbocycles. The van der Waals surface area contributed by atoms with E-state index in [9.17, 15) is 4.39 Å². The standard InChI is InChI=1S/C14H13ClFNO/c1-2-9-3-5-10(6-4-9)18-14-8-12(16)11(15)7-13(14)17/h3-8H,2,17H2,1H3. The Balaban J connectivity index is 2.25. The number of anilines is 1. The maximum Gasteiger partial charge on any atom is 0.153 e. The normalized spacial score (nSPS) is 10.4. The molecule has 0 unspecified atom stereocenters. The van der Waals surface area contributed by atoms with Gasteiger partial charge in [-0.2, -0.15) is 0 Å². The molecule has 0 bridgehead atoms. The van der Waals surface area contributed by atoms with E-state index in [1.165, 1.54) is 17.7 Å². The molecule has 0 amide bonds.